The third-order valence-electron chi connectivity index (χ3n) is 5.39. The number of carbonyl (C=O) groups excluding carboxylic acids is 1. The van der Waals surface area contributed by atoms with Crippen LogP contribution in [0.4, 0.5) is 0 Å². The highest BCUT2D eigenvalue weighted by Crippen LogP contribution is 2.39. The number of nitrogens with zero attached hydrogens (tertiary/aromatic N) is 2. The van der Waals surface area contributed by atoms with E-state index in [1.807, 2.05) is 17.0 Å². The van der Waals surface area contributed by atoms with E-state index in [9.17, 15) is 4.79 Å². The van der Waals surface area contributed by atoms with Gasteiger partial charge in [0.2, 0.25) is 11.9 Å². The Labute approximate surface area is 160 Å². The van der Waals surface area contributed by atoms with Crippen molar-refractivity contribution in [3.05, 3.63) is 17.7 Å². The zero-order chi connectivity index (χ0) is 19.6. The van der Waals surface area contributed by atoms with Crippen LogP contribution in [0.15, 0.2) is 17.3 Å². The van der Waals surface area contributed by atoms with Crippen LogP contribution in [0, 0.1) is 0 Å². The molecular weight excluding hydrogens is 348 g/mol. The van der Waals surface area contributed by atoms with Crippen LogP contribution >= 0.6 is 0 Å². The fourth-order valence-corrected chi connectivity index (χ4v) is 3.95. The van der Waals surface area contributed by atoms with Gasteiger partial charge in [0.15, 0.2) is 11.5 Å². The Morgan fingerprint density at radius 2 is 1.67 bits per heavy atom. The Balaban J connectivity index is 1.78. The molecule has 2 aliphatic rings. The van der Waals surface area contributed by atoms with E-state index in [1.54, 1.807) is 21.3 Å². The topological polar surface area (TPSA) is 69.6 Å². The number of amides is 1. The lowest BCUT2D eigenvalue weighted by molar-refractivity contribution is -0.148. The van der Waals surface area contributed by atoms with Crippen LogP contribution in [0.5, 0.6) is 17.2 Å². The van der Waals surface area contributed by atoms with Gasteiger partial charge in [-0.25, -0.2) is 0 Å². The minimum absolute atomic E-state index is 0.0147. The first-order valence-electron chi connectivity index (χ1n) is 9.35. The van der Waals surface area contributed by atoms with Crippen LogP contribution in [-0.2, 0) is 9.63 Å². The third kappa shape index (κ3) is 3.68. The standard InChI is InChI=1S/C20H28N2O5/c1-12-7-6-8-13(2)22(12)20(23)18-11-15(21-27-18)14-9-16(24-3)19(26-5)17(10-14)25-4/h9-10,12-13,18H,6-8,11H2,1-5H3/t12-,13+,18-/m0/s1. The van der Waals surface area contributed by atoms with E-state index in [1.165, 1.54) is 0 Å². The first kappa shape index (κ1) is 19.3. The van der Waals surface area contributed by atoms with Crippen molar-refractivity contribution in [3.63, 3.8) is 0 Å². The van der Waals surface area contributed by atoms with Crippen molar-refractivity contribution >= 4 is 11.6 Å². The molecule has 1 fully saturated rings. The number of ether oxygens (including phenoxy) is 3. The maximum atomic E-state index is 13.0. The van der Waals surface area contributed by atoms with Crippen LogP contribution in [-0.4, -0.2) is 56.0 Å². The number of hydrogen-bond donors (Lipinski definition) is 0. The molecule has 0 N–H and O–H groups in total. The highest BCUT2D eigenvalue weighted by molar-refractivity contribution is 6.05. The summed E-state index contributed by atoms with van der Waals surface area (Å²) in [6.07, 6.45) is 3.06. The van der Waals surface area contributed by atoms with E-state index in [4.69, 9.17) is 19.0 Å². The number of rotatable bonds is 5. The van der Waals surface area contributed by atoms with Crippen LogP contribution in [0.25, 0.3) is 0 Å². The van der Waals surface area contributed by atoms with Gasteiger partial charge in [0.05, 0.1) is 27.0 Å². The average Bonchev–Trinajstić information content (AvgIpc) is 3.16. The van der Waals surface area contributed by atoms with Crippen molar-refractivity contribution in [2.45, 2.75) is 57.7 Å². The van der Waals surface area contributed by atoms with Gasteiger partial charge in [0.25, 0.3) is 5.91 Å². The Morgan fingerprint density at radius 3 is 2.19 bits per heavy atom. The number of likely N-dealkylation sites (tertiary alicyclic amines) is 1. The summed E-state index contributed by atoms with van der Waals surface area (Å²) < 4.78 is 16.2. The number of hydrogen-bond acceptors (Lipinski definition) is 6. The van der Waals surface area contributed by atoms with Crippen molar-refractivity contribution in [3.8, 4) is 17.2 Å². The number of methoxy groups -OCH3 is 3. The van der Waals surface area contributed by atoms with E-state index < -0.39 is 6.10 Å². The van der Waals surface area contributed by atoms with Gasteiger partial charge < -0.3 is 23.9 Å². The van der Waals surface area contributed by atoms with Gasteiger partial charge in [-0.05, 0) is 45.2 Å². The number of carbonyl (C=O) groups is 1. The Hall–Kier alpha value is -2.44. The molecule has 0 unspecified atom stereocenters. The van der Waals surface area contributed by atoms with Crippen LogP contribution < -0.4 is 14.2 Å². The molecule has 1 amide bonds. The fraction of sp³-hybridized carbons (Fsp3) is 0.600. The van der Waals surface area contributed by atoms with Crippen LogP contribution in [0.1, 0.15) is 45.1 Å². The first-order chi connectivity index (χ1) is 13.0. The molecule has 148 valence electrons. The molecule has 0 aliphatic carbocycles. The molecule has 7 nitrogen and oxygen atoms in total. The minimum atomic E-state index is -0.581. The fourth-order valence-electron chi connectivity index (χ4n) is 3.95. The largest absolute Gasteiger partial charge is 0.493 e. The molecule has 7 heteroatoms. The number of oxime groups is 1. The van der Waals surface area contributed by atoms with Crippen molar-refractivity contribution in [1.82, 2.24) is 4.90 Å². The lowest BCUT2D eigenvalue weighted by Gasteiger charge is -2.39. The molecule has 0 aromatic heterocycles. The summed E-state index contributed by atoms with van der Waals surface area (Å²) in [5.74, 6) is 1.62. The van der Waals surface area contributed by atoms with E-state index in [0.29, 0.717) is 29.4 Å². The molecule has 0 spiro atoms. The van der Waals surface area contributed by atoms with Crippen LogP contribution in [0.3, 0.4) is 0 Å². The van der Waals surface area contributed by atoms with Gasteiger partial charge >= 0.3 is 0 Å². The summed E-state index contributed by atoms with van der Waals surface area (Å²) in [6, 6.07) is 4.11. The summed E-state index contributed by atoms with van der Waals surface area (Å²) in [5.41, 5.74) is 1.49. The van der Waals surface area contributed by atoms with Gasteiger partial charge in [-0.1, -0.05) is 5.16 Å². The Morgan fingerprint density at radius 1 is 1.07 bits per heavy atom. The summed E-state index contributed by atoms with van der Waals surface area (Å²) in [7, 11) is 4.70. The summed E-state index contributed by atoms with van der Waals surface area (Å²) in [6.45, 7) is 4.20. The normalized spacial score (nSPS) is 24.9. The molecule has 2 heterocycles. The summed E-state index contributed by atoms with van der Waals surface area (Å²) >= 11 is 0. The number of benzene rings is 1. The SMILES string of the molecule is COc1cc(C2=NO[C@H](C(=O)N3[C@H](C)CCC[C@@H]3C)C2)cc(OC)c1OC. The molecule has 2 aliphatic heterocycles. The smallest absolute Gasteiger partial charge is 0.267 e. The van der Waals surface area contributed by atoms with Crippen molar-refractivity contribution in [2.24, 2.45) is 5.16 Å². The highest BCUT2D eigenvalue weighted by atomic mass is 16.6. The molecular formula is C20H28N2O5. The minimum Gasteiger partial charge on any atom is -0.493 e. The van der Waals surface area contributed by atoms with E-state index in [-0.39, 0.29) is 18.0 Å². The quantitative estimate of drug-likeness (QED) is 0.790. The van der Waals surface area contributed by atoms with Gasteiger partial charge in [0.1, 0.15) is 0 Å². The van der Waals surface area contributed by atoms with Crippen molar-refractivity contribution in [2.75, 3.05) is 21.3 Å². The van der Waals surface area contributed by atoms with E-state index in [0.717, 1.165) is 24.8 Å². The predicted octanol–water partition coefficient (Wildman–Crippen LogP) is 2.99. The van der Waals surface area contributed by atoms with Crippen LogP contribution in [0.2, 0.25) is 0 Å². The first-order valence-corrected chi connectivity index (χ1v) is 9.35. The zero-order valence-electron chi connectivity index (χ0n) is 16.7. The maximum Gasteiger partial charge on any atom is 0.267 e. The predicted molar refractivity (Wildman–Crippen MR) is 102 cm³/mol. The van der Waals surface area contributed by atoms with E-state index in [2.05, 4.69) is 19.0 Å². The molecule has 0 bridgehead atoms. The maximum absolute atomic E-state index is 13.0. The third-order valence-corrected chi connectivity index (χ3v) is 5.39. The summed E-state index contributed by atoms with van der Waals surface area (Å²) in [4.78, 5) is 20.5. The van der Waals surface area contributed by atoms with Gasteiger partial charge in [-0.15, -0.1) is 0 Å². The second-order valence-corrected chi connectivity index (χ2v) is 7.12. The molecule has 27 heavy (non-hydrogen) atoms. The van der Waals surface area contributed by atoms with Gasteiger partial charge in [-0.2, -0.15) is 0 Å². The second kappa shape index (κ2) is 8.06. The van der Waals surface area contributed by atoms with Gasteiger partial charge in [-0.3, -0.25) is 4.79 Å². The highest BCUT2D eigenvalue weighted by Gasteiger charge is 2.38. The molecule has 1 aromatic carbocycles. The molecule has 0 radical (unpaired) electrons. The molecule has 1 saturated heterocycles. The van der Waals surface area contributed by atoms with Crippen molar-refractivity contribution < 1.29 is 23.8 Å². The lowest BCUT2D eigenvalue weighted by atomic mass is 9.95. The Bertz CT molecular complexity index is 698. The summed E-state index contributed by atoms with van der Waals surface area (Å²) in [5, 5.41) is 4.18. The number of piperidine rings is 1. The molecule has 0 saturated carbocycles. The van der Waals surface area contributed by atoms with Gasteiger partial charge in [0, 0.05) is 24.1 Å². The average molecular weight is 376 g/mol. The molecule has 3 atom stereocenters. The zero-order valence-corrected chi connectivity index (χ0v) is 16.7. The Kier molecular flexibility index (Phi) is 5.77. The molecule has 3 rings (SSSR count). The monoisotopic (exact) mass is 376 g/mol. The molecule has 1 aromatic rings. The lowest BCUT2D eigenvalue weighted by Crippen LogP contribution is -2.51. The van der Waals surface area contributed by atoms with E-state index >= 15 is 0 Å². The second-order valence-electron chi connectivity index (χ2n) is 7.12. The van der Waals surface area contributed by atoms with Crippen molar-refractivity contribution in [1.29, 1.82) is 0 Å².